The van der Waals surface area contributed by atoms with E-state index in [0.717, 1.165) is 31.4 Å². The lowest BCUT2D eigenvalue weighted by atomic mass is 10.0. The van der Waals surface area contributed by atoms with Crippen molar-refractivity contribution in [3.05, 3.63) is 29.8 Å². The predicted octanol–water partition coefficient (Wildman–Crippen LogP) is 2.30. The summed E-state index contributed by atoms with van der Waals surface area (Å²) in [5, 5.41) is 12.4. The summed E-state index contributed by atoms with van der Waals surface area (Å²) in [6, 6.07) is 8.43. The van der Waals surface area contributed by atoms with E-state index in [4.69, 9.17) is 0 Å². The Morgan fingerprint density at radius 3 is 2.74 bits per heavy atom. The van der Waals surface area contributed by atoms with Crippen LogP contribution < -0.4 is 0 Å². The van der Waals surface area contributed by atoms with Crippen molar-refractivity contribution in [3.8, 4) is 11.4 Å². The molecule has 1 aliphatic rings. The number of aromatic nitrogens is 4. The van der Waals surface area contributed by atoms with E-state index in [1.807, 2.05) is 17.0 Å². The lowest BCUT2D eigenvalue weighted by molar-refractivity contribution is -0.135. The lowest BCUT2D eigenvalue weighted by Crippen LogP contribution is -2.43. The van der Waals surface area contributed by atoms with Crippen LogP contribution in [0.4, 0.5) is 0 Å². The fourth-order valence-corrected chi connectivity index (χ4v) is 3.00. The van der Waals surface area contributed by atoms with Gasteiger partial charge in [-0.1, -0.05) is 31.2 Å². The predicted molar refractivity (Wildman–Crippen MR) is 87.7 cm³/mol. The minimum Gasteiger partial charge on any atom is -0.338 e. The van der Waals surface area contributed by atoms with Crippen LogP contribution in [-0.2, 0) is 17.8 Å². The standard InChI is InChI=1S/C17H23N5O/c1-3-14-7-9-15(10-8-14)17-18-20-22(19-17)12-16(23)21-11-5-4-6-13(21)2/h7-10,13H,3-6,11-12H2,1-2H3/t13-/m1/s1. The molecule has 0 bridgehead atoms. The van der Waals surface area contributed by atoms with Gasteiger partial charge < -0.3 is 4.90 Å². The Labute approximate surface area is 136 Å². The molecule has 1 saturated heterocycles. The second kappa shape index (κ2) is 6.89. The van der Waals surface area contributed by atoms with E-state index >= 15 is 0 Å². The molecule has 1 fully saturated rings. The number of hydrogen-bond donors (Lipinski definition) is 0. The molecule has 1 aliphatic heterocycles. The highest BCUT2D eigenvalue weighted by Crippen LogP contribution is 2.17. The van der Waals surface area contributed by atoms with Gasteiger partial charge in [0.05, 0.1) is 0 Å². The zero-order valence-corrected chi connectivity index (χ0v) is 13.8. The van der Waals surface area contributed by atoms with Gasteiger partial charge in [0.2, 0.25) is 11.7 Å². The number of aryl methyl sites for hydroxylation is 1. The summed E-state index contributed by atoms with van der Waals surface area (Å²) in [4.78, 5) is 15.7. The zero-order valence-electron chi connectivity index (χ0n) is 13.8. The van der Waals surface area contributed by atoms with Crippen molar-refractivity contribution in [1.82, 2.24) is 25.1 Å². The van der Waals surface area contributed by atoms with Gasteiger partial charge in [0.15, 0.2) is 0 Å². The van der Waals surface area contributed by atoms with E-state index in [0.29, 0.717) is 11.9 Å². The first-order chi connectivity index (χ1) is 11.2. The van der Waals surface area contributed by atoms with Gasteiger partial charge in [-0.15, -0.1) is 10.2 Å². The molecule has 122 valence electrons. The Morgan fingerprint density at radius 2 is 2.04 bits per heavy atom. The highest BCUT2D eigenvalue weighted by molar-refractivity contribution is 5.76. The highest BCUT2D eigenvalue weighted by atomic mass is 16.2. The van der Waals surface area contributed by atoms with Crippen molar-refractivity contribution in [2.75, 3.05) is 6.54 Å². The second-order valence-electron chi connectivity index (χ2n) is 6.13. The number of carbonyl (C=O) groups excluding carboxylic acids is 1. The second-order valence-corrected chi connectivity index (χ2v) is 6.13. The van der Waals surface area contributed by atoms with Crippen LogP contribution in [-0.4, -0.2) is 43.6 Å². The molecule has 2 heterocycles. The van der Waals surface area contributed by atoms with Crippen molar-refractivity contribution < 1.29 is 4.79 Å². The average Bonchev–Trinajstić information content (AvgIpc) is 3.03. The first kappa shape index (κ1) is 15.6. The molecular weight excluding hydrogens is 290 g/mol. The van der Waals surface area contributed by atoms with Gasteiger partial charge in [0, 0.05) is 18.2 Å². The smallest absolute Gasteiger partial charge is 0.246 e. The third kappa shape index (κ3) is 3.57. The molecule has 0 aliphatic carbocycles. The number of piperidine rings is 1. The minimum atomic E-state index is 0.0717. The summed E-state index contributed by atoms with van der Waals surface area (Å²) in [6.07, 6.45) is 4.36. The number of rotatable bonds is 4. The minimum absolute atomic E-state index is 0.0717. The fraction of sp³-hybridized carbons (Fsp3) is 0.529. The van der Waals surface area contributed by atoms with E-state index in [2.05, 4.69) is 41.4 Å². The number of carbonyl (C=O) groups is 1. The van der Waals surface area contributed by atoms with Crippen LogP contribution in [0.5, 0.6) is 0 Å². The fourth-order valence-electron chi connectivity index (χ4n) is 3.00. The summed E-state index contributed by atoms with van der Waals surface area (Å²) in [7, 11) is 0. The molecule has 0 saturated carbocycles. The molecule has 1 amide bonds. The van der Waals surface area contributed by atoms with Crippen molar-refractivity contribution in [2.45, 2.75) is 52.1 Å². The number of nitrogens with zero attached hydrogens (tertiary/aromatic N) is 5. The molecule has 6 nitrogen and oxygen atoms in total. The first-order valence-electron chi connectivity index (χ1n) is 8.34. The van der Waals surface area contributed by atoms with Gasteiger partial charge >= 0.3 is 0 Å². The molecule has 1 aromatic heterocycles. The molecule has 2 aromatic rings. The lowest BCUT2D eigenvalue weighted by Gasteiger charge is -2.33. The maximum absolute atomic E-state index is 12.4. The monoisotopic (exact) mass is 313 g/mol. The molecule has 1 atom stereocenters. The van der Waals surface area contributed by atoms with Gasteiger partial charge in [-0.2, -0.15) is 4.80 Å². The number of tetrazole rings is 1. The molecule has 0 radical (unpaired) electrons. The summed E-state index contributed by atoms with van der Waals surface area (Å²) in [5.41, 5.74) is 2.20. The van der Waals surface area contributed by atoms with E-state index < -0.39 is 0 Å². The normalized spacial score (nSPS) is 18.2. The van der Waals surface area contributed by atoms with Gasteiger partial charge in [0.1, 0.15) is 6.54 Å². The van der Waals surface area contributed by atoms with Crippen molar-refractivity contribution >= 4 is 5.91 Å². The summed E-state index contributed by atoms with van der Waals surface area (Å²) >= 11 is 0. The third-order valence-electron chi connectivity index (χ3n) is 4.47. The number of benzene rings is 1. The van der Waals surface area contributed by atoms with Crippen LogP contribution in [0.3, 0.4) is 0 Å². The van der Waals surface area contributed by atoms with Crippen LogP contribution in [0.15, 0.2) is 24.3 Å². The topological polar surface area (TPSA) is 63.9 Å². The SMILES string of the molecule is CCc1ccc(-c2nnn(CC(=O)N3CCCC[C@H]3C)n2)cc1. The number of likely N-dealkylation sites (tertiary alicyclic amines) is 1. The molecule has 23 heavy (non-hydrogen) atoms. The largest absolute Gasteiger partial charge is 0.338 e. The zero-order chi connectivity index (χ0) is 16.2. The van der Waals surface area contributed by atoms with Gasteiger partial charge in [-0.25, -0.2) is 0 Å². The van der Waals surface area contributed by atoms with E-state index in [1.165, 1.54) is 16.8 Å². The van der Waals surface area contributed by atoms with Crippen molar-refractivity contribution in [2.24, 2.45) is 0 Å². The Bertz CT molecular complexity index is 664. The highest BCUT2D eigenvalue weighted by Gasteiger charge is 2.23. The molecular formula is C17H23N5O. The summed E-state index contributed by atoms with van der Waals surface area (Å²) < 4.78 is 0. The Morgan fingerprint density at radius 1 is 1.26 bits per heavy atom. The van der Waals surface area contributed by atoms with E-state index in [9.17, 15) is 4.79 Å². The van der Waals surface area contributed by atoms with Crippen LogP contribution in [0.1, 0.15) is 38.7 Å². The van der Waals surface area contributed by atoms with Crippen LogP contribution in [0.25, 0.3) is 11.4 Å². The maximum atomic E-state index is 12.4. The number of hydrogen-bond acceptors (Lipinski definition) is 4. The Kier molecular flexibility index (Phi) is 4.69. The van der Waals surface area contributed by atoms with Crippen LogP contribution in [0.2, 0.25) is 0 Å². The summed E-state index contributed by atoms with van der Waals surface area (Å²) in [5.74, 6) is 0.634. The molecule has 0 N–H and O–H groups in total. The number of amides is 1. The Balaban J connectivity index is 1.67. The van der Waals surface area contributed by atoms with Crippen LogP contribution >= 0.6 is 0 Å². The van der Waals surface area contributed by atoms with E-state index in [1.54, 1.807) is 0 Å². The molecule has 3 rings (SSSR count). The first-order valence-corrected chi connectivity index (χ1v) is 8.34. The van der Waals surface area contributed by atoms with Crippen LogP contribution in [0, 0.1) is 0 Å². The average molecular weight is 313 g/mol. The molecule has 0 spiro atoms. The maximum Gasteiger partial charge on any atom is 0.246 e. The van der Waals surface area contributed by atoms with Crippen molar-refractivity contribution in [1.29, 1.82) is 0 Å². The van der Waals surface area contributed by atoms with Gasteiger partial charge in [0.25, 0.3) is 0 Å². The van der Waals surface area contributed by atoms with Gasteiger partial charge in [-0.05, 0) is 43.4 Å². The summed E-state index contributed by atoms with van der Waals surface area (Å²) in [6.45, 7) is 5.22. The van der Waals surface area contributed by atoms with Crippen molar-refractivity contribution in [3.63, 3.8) is 0 Å². The van der Waals surface area contributed by atoms with Gasteiger partial charge in [-0.3, -0.25) is 4.79 Å². The molecule has 1 aromatic carbocycles. The molecule has 6 heteroatoms. The van der Waals surface area contributed by atoms with E-state index in [-0.39, 0.29) is 12.5 Å². The third-order valence-corrected chi connectivity index (χ3v) is 4.47. The molecule has 0 unspecified atom stereocenters. The Hall–Kier alpha value is -2.24. The quantitative estimate of drug-likeness (QED) is 0.869.